The first kappa shape index (κ1) is 13.0. The Bertz CT molecular complexity index is 208. The number of nitrogen functional groups attached to an aromatic ring is 1. The van der Waals surface area contributed by atoms with E-state index in [2.05, 4.69) is 4.98 Å². The van der Waals surface area contributed by atoms with Gasteiger partial charge in [0.2, 0.25) is 0 Å². The lowest BCUT2D eigenvalue weighted by Crippen LogP contribution is -1.89. The standard InChI is InChI=1S/C6H8N2O.2ClH/c1-9-5-2-3-8-6(7)4-5;;/h2-4H,1H3,(H2,7,8);2*1H. The first-order chi connectivity index (χ1) is 4.33. The molecule has 0 saturated heterocycles. The fourth-order valence-electron chi connectivity index (χ4n) is 0.555. The van der Waals surface area contributed by atoms with Gasteiger partial charge in [0.05, 0.1) is 7.11 Å². The Hall–Kier alpha value is -0.670. The Morgan fingerprint density at radius 1 is 1.45 bits per heavy atom. The van der Waals surface area contributed by atoms with E-state index in [0.29, 0.717) is 5.82 Å². The molecule has 1 rings (SSSR count). The monoisotopic (exact) mass is 196 g/mol. The number of aromatic nitrogens is 1. The molecule has 0 unspecified atom stereocenters. The second-order valence-corrected chi connectivity index (χ2v) is 1.62. The quantitative estimate of drug-likeness (QED) is 0.742. The molecule has 0 saturated carbocycles. The summed E-state index contributed by atoms with van der Waals surface area (Å²) in [5.74, 6) is 1.22. The average Bonchev–Trinajstić information content (AvgIpc) is 1.88. The summed E-state index contributed by atoms with van der Waals surface area (Å²) in [6, 6.07) is 3.41. The van der Waals surface area contributed by atoms with Crippen LogP contribution in [0.2, 0.25) is 0 Å². The molecule has 0 aliphatic carbocycles. The van der Waals surface area contributed by atoms with E-state index in [4.69, 9.17) is 10.5 Å². The summed E-state index contributed by atoms with van der Waals surface area (Å²) >= 11 is 0. The second-order valence-electron chi connectivity index (χ2n) is 1.62. The van der Waals surface area contributed by atoms with Crippen LogP contribution in [-0.4, -0.2) is 12.1 Å². The third kappa shape index (κ3) is 3.91. The molecule has 0 radical (unpaired) electrons. The summed E-state index contributed by atoms with van der Waals surface area (Å²) in [4.78, 5) is 3.79. The number of hydrogen-bond donors (Lipinski definition) is 1. The Morgan fingerprint density at radius 2 is 2.09 bits per heavy atom. The van der Waals surface area contributed by atoms with Crippen molar-refractivity contribution < 1.29 is 4.74 Å². The van der Waals surface area contributed by atoms with E-state index in [9.17, 15) is 0 Å². The first-order valence-electron chi connectivity index (χ1n) is 2.58. The highest BCUT2D eigenvalue weighted by molar-refractivity contribution is 5.85. The lowest BCUT2D eigenvalue weighted by molar-refractivity contribution is 0.414. The minimum absolute atomic E-state index is 0. The Balaban J connectivity index is 0. The highest BCUT2D eigenvalue weighted by Gasteiger charge is 1.88. The van der Waals surface area contributed by atoms with Gasteiger partial charge >= 0.3 is 0 Å². The van der Waals surface area contributed by atoms with Crippen molar-refractivity contribution >= 4 is 30.6 Å². The second kappa shape index (κ2) is 6.07. The zero-order valence-corrected chi connectivity index (χ0v) is 7.61. The van der Waals surface area contributed by atoms with Gasteiger partial charge in [-0.15, -0.1) is 24.8 Å². The summed E-state index contributed by atoms with van der Waals surface area (Å²) in [6.45, 7) is 0. The van der Waals surface area contributed by atoms with Crippen molar-refractivity contribution in [2.75, 3.05) is 12.8 Å². The zero-order chi connectivity index (χ0) is 6.69. The third-order valence-corrected chi connectivity index (χ3v) is 0.988. The zero-order valence-electron chi connectivity index (χ0n) is 5.98. The number of hydrogen-bond acceptors (Lipinski definition) is 3. The van der Waals surface area contributed by atoms with E-state index in [1.807, 2.05) is 0 Å². The molecule has 0 bridgehead atoms. The highest BCUT2D eigenvalue weighted by atomic mass is 35.5. The van der Waals surface area contributed by atoms with Crippen LogP contribution >= 0.6 is 24.8 Å². The lowest BCUT2D eigenvalue weighted by Gasteiger charge is -1.97. The third-order valence-electron chi connectivity index (χ3n) is 0.988. The first-order valence-corrected chi connectivity index (χ1v) is 2.58. The molecule has 1 aromatic rings. The lowest BCUT2D eigenvalue weighted by atomic mass is 10.4. The molecule has 0 aliphatic heterocycles. The van der Waals surface area contributed by atoms with Crippen LogP contribution in [0.25, 0.3) is 0 Å². The minimum atomic E-state index is 0. The van der Waals surface area contributed by atoms with Gasteiger partial charge in [-0.25, -0.2) is 4.98 Å². The van der Waals surface area contributed by atoms with E-state index < -0.39 is 0 Å². The molecule has 2 N–H and O–H groups in total. The molecule has 1 heterocycles. The number of halogens is 2. The summed E-state index contributed by atoms with van der Waals surface area (Å²) in [6.07, 6.45) is 1.61. The van der Waals surface area contributed by atoms with Gasteiger partial charge in [-0.05, 0) is 6.07 Å². The predicted octanol–water partition coefficient (Wildman–Crippen LogP) is 1.52. The number of ether oxygens (including phenoxy) is 1. The number of pyridine rings is 1. The van der Waals surface area contributed by atoms with Gasteiger partial charge in [0, 0.05) is 12.3 Å². The van der Waals surface area contributed by atoms with Gasteiger partial charge in [-0.2, -0.15) is 0 Å². The van der Waals surface area contributed by atoms with Crippen LogP contribution in [0.5, 0.6) is 5.75 Å². The van der Waals surface area contributed by atoms with Crippen LogP contribution in [0.1, 0.15) is 0 Å². The van der Waals surface area contributed by atoms with Gasteiger partial charge in [0.15, 0.2) is 0 Å². The fourth-order valence-corrected chi connectivity index (χ4v) is 0.555. The van der Waals surface area contributed by atoms with Gasteiger partial charge < -0.3 is 10.5 Å². The molecule has 0 atom stereocenters. The Morgan fingerprint density at radius 3 is 2.45 bits per heavy atom. The molecule has 0 aliphatic rings. The number of rotatable bonds is 1. The van der Waals surface area contributed by atoms with Crippen molar-refractivity contribution in [2.45, 2.75) is 0 Å². The van der Waals surface area contributed by atoms with E-state index in [1.165, 1.54) is 0 Å². The van der Waals surface area contributed by atoms with Crippen LogP contribution in [0.3, 0.4) is 0 Å². The summed E-state index contributed by atoms with van der Waals surface area (Å²) in [5, 5.41) is 0. The van der Waals surface area contributed by atoms with Crippen molar-refractivity contribution in [3.8, 4) is 5.75 Å². The summed E-state index contributed by atoms with van der Waals surface area (Å²) in [7, 11) is 1.59. The van der Waals surface area contributed by atoms with Crippen molar-refractivity contribution in [1.29, 1.82) is 0 Å². The number of anilines is 1. The molecule has 3 nitrogen and oxygen atoms in total. The van der Waals surface area contributed by atoms with E-state index in [-0.39, 0.29) is 24.8 Å². The van der Waals surface area contributed by atoms with Crippen molar-refractivity contribution in [2.24, 2.45) is 0 Å². The molecule has 0 aromatic carbocycles. The van der Waals surface area contributed by atoms with Crippen LogP contribution in [0, 0.1) is 0 Å². The maximum atomic E-state index is 5.34. The molecule has 5 heteroatoms. The topological polar surface area (TPSA) is 48.1 Å². The normalized spacial score (nSPS) is 7.36. The molecule has 0 fully saturated rings. The van der Waals surface area contributed by atoms with E-state index >= 15 is 0 Å². The average molecular weight is 197 g/mol. The Kier molecular flexibility index (Phi) is 7.15. The van der Waals surface area contributed by atoms with Crippen molar-refractivity contribution in [3.05, 3.63) is 18.3 Å². The summed E-state index contributed by atoms with van der Waals surface area (Å²) in [5.41, 5.74) is 5.34. The van der Waals surface area contributed by atoms with Crippen LogP contribution < -0.4 is 10.5 Å². The van der Waals surface area contributed by atoms with Gasteiger partial charge in [-0.3, -0.25) is 0 Å². The number of methoxy groups -OCH3 is 1. The summed E-state index contributed by atoms with van der Waals surface area (Å²) < 4.78 is 4.88. The molecular formula is C6H10Cl2N2O. The fraction of sp³-hybridized carbons (Fsp3) is 0.167. The molecule has 0 amide bonds. The van der Waals surface area contributed by atoms with Crippen LogP contribution in [-0.2, 0) is 0 Å². The van der Waals surface area contributed by atoms with E-state index in [1.54, 1.807) is 25.4 Å². The molecular weight excluding hydrogens is 187 g/mol. The molecule has 11 heavy (non-hydrogen) atoms. The molecule has 0 spiro atoms. The maximum absolute atomic E-state index is 5.34. The molecule has 64 valence electrons. The SMILES string of the molecule is COc1ccnc(N)c1.Cl.Cl. The smallest absolute Gasteiger partial charge is 0.126 e. The maximum Gasteiger partial charge on any atom is 0.126 e. The van der Waals surface area contributed by atoms with Gasteiger partial charge in [0.1, 0.15) is 11.6 Å². The predicted molar refractivity (Wildman–Crippen MR) is 49.7 cm³/mol. The van der Waals surface area contributed by atoms with E-state index in [0.717, 1.165) is 5.75 Å². The van der Waals surface area contributed by atoms with Crippen molar-refractivity contribution in [3.63, 3.8) is 0 Å². The molecule has 1 aromatic heterocycles. The van der Waals surface area contributed by atoms with Crippen LogP contribution in [0.4, 0.5) is 5.82 Å². The minimum Gasteiger partial charge on any atom is -0.497 e. The Labute approximate surface area is 77.8 Å². The number of nitrogens with two attached hydrogens (primary N) is 1. The van der Waals surface area contributed by atoms with Gasteiger partial charge in [0.25, 0.3) is 0 Å². The largest absolute Gasteiger partial charge is 0.497 e. The van der Waals surface area contributed by atoms with Gasteiger partial charge in [-0.1, -0.05) is 0 Å². The van der Waals surface area contributed by atoms with Crippen molar-refractivity contribution in [1.82, 2.24) is 4.98 Å². The van der Waals surface area contributed by atoms with Crippen LogP contribution in [0.15, 0.2) is 18.3 Å². The number of nitrogens with zero attached hydrogens (tertiary/aromatic N) is 1. The highest BCUT2D eigenvalue weighted by Crippen LogP contribution is 2.09.